The van der Waals surface area contributed by atoms with Crippen LogP contribution in [0.2, 0.25) is 0 Å². The largest absolute Gasteiger partial charge is 0.472 e. The fourth-order valence-corrected chi connectivity index (χ4v) is 10.3. The van der Waals surface area contributed by atoms with Crippen LogP contribution in [0, 0.1) is 34.0 Å². The summed E-state index contributed by atoms with van der Waals surface area (Å²) in [7, 11) is 0. The van der Waals surface area contributed by atoms with Crippen LogP contribution >= 0.6 is 0 Å². The molecule has 6 aliphatic rings. The van der Waals surface area contributed by atoms with Gasteiger partial charge in [-0.2, -0.15) is 0 Å². The van der Waals surface area contributed by atoms with Crippen molar-refractivity contribution in [2.24, 2.45) is 34.0 Å². The van der Waals surface area contributed by atoms with Crippen molar-refractivity contribution in [3.63, 3.8) is 0 Å². The van der Waals surface area contributed by atoms with Crippen molar-refractivity contribution >= 4 is 17.9 Å². The zero-order valence-corrected chi connectivity index (χ0v) is 22.0. The monoisotopic (exact) mass is 530 g/mol. The van der Waals surface area contributed by atoms with Crippen LogP contribution in [-0.2, 0) is 33.3 Å². The first kappa shape index (κ1) is 24.6. The predicted molar refractivity (Wildman–Crippen MR) is 126 cm³/mol. The van der Waals surface area contributed by atoms with E-state index in [9.17, 15) is 24.6 Å². The molecule has 206 valence electrons. The summed E-state index contributed by atoms with van der Waals surface area (Å²) in [5, 5.41) is 25.1. The van der Waals surface area contributed by atoms with Gasteiger partial charge in [0.15, 0.2) is 5.60 Å². The highest BCUT2D eigenvalue weighted by Crippen LogP contribution is 2.82. The summed E-state index contributed by atoms with van der Waals surface area (Å²) in [5.41, 5.74) is -4.97. The number of aliphatic hydroxyl groups is 2. The Morgan fingerprint density at radius 1 is 1.08 bits per heavy atom. The van der Waals surface area contributed by atoms with Crippen molar-refractivity contribution in [2.75, 3.05) is 6.61 Å². The van der Waals surface area contributed by atoms with Crippen LogP contribution in [0.3, 0.4) is 0 Å². The molecule has 10 nitrogen and oxygen atoms in total. The lowest BCUT2D eigenvalue weighted by Gasteiger charge is -2.70. The van der Waals surface area contributed by atoms with Crippen LogP contribution in [0.25, 0.3) is 0 Å². The Hall–Kier alpha value is -2.43. The van der Waals surface area contributed by atoms with Gasteiger partial charge in [0.25, 0.3) is 0 Å². The van der Waals surface area contributed by atoms with Gasteiger partial charge in [0.05, 0.1) is 30.0 Å². The van der Waals surface area contributed by atoms with Crippen LogP contribution in [0.15, 0.2) is 23.0 Å². The maximum atomic E-state index is 13.1. The van der Waals surface area contributed by atoms with E-state index in [4.69, 9.17) is 23.4 Å². The fraction of sp³-hybridized carbons (Fsp3) is 0.750. The summed E-state index contributed by atoms with van der Waals surface area (Å²) >= 11 is 0. The normalized spacial score (nSPS) is 51.8. The highest BCUT2D eigenvalue weighted by atomic mass is 16.7. The van der Waals surface area contributed by atoms with Crippen LogP contribution in [-0.4, -0.2) is 57.8 Å². The summed E-state index contributed by atoms with van der Waals surface area (Å²) < 4.78 is 29.4. The molecule has 0 amide bonds. The third-order valence-electron chi connectivity index (χ3n) is 11.5. The lowest BCUT2D eigenvalue weighted by Crippen LogP contribution is -2.82. The summed E-state index contributed by atoms with van der Waals surface area (Å²) in [4.78, 5) is 38.1. The Labute approximate surface area is 219 Å². The Morgan fingerprint density at radius 3 is 2.50 bits per heavy atom. The molecule has 2 spiro atoms. The topological polar surface area (TPSA) is 142 Å². The number of esters is 3. The number of carbonyl (C=O) groups excluding carboxylic acids is 3. The molecule has 7 rings (SSSR count). The average molecular weight is 531 g/mol. The predicted octanol–water partition coefficient (Wildman–Crippen LogP) is 2.41. The van der Waals surface area contributed by atoms with Gasteiger partial charge in [-0.3, -0.25) is 14.4 Å². The van der Waals surface area contributed by atoms with Gasteiger partial charge in [-0.15, -0.1) is 0 Å². The molecule has 6 fully saturated rings. The lowest BCUT2D eigenvalue weighted by molar-refractivity contribution is -0.388. The molecular weight excluding hydrogens is 496 g/mol. The minimum atomic E-state index is -2.15. The first-order chi connectivity index (χ1) is 17.8. The maximum absolute atomic E-state index is 13.1. The molecule has 0 unspecified atom stereocenters. The maximum Gasteiger partial charge on any atom is 0.306 e. The molecule has 1 aromatic rings. The van der Waals surface area contributed by atoms with E-state index in [2.05, 4.69) is 6.92 Å². The van der Waals surface area contributed by atoms with E-state index in [1.807, 2.05) is 13.8 Å². The minimum Gasteiger partial charge on any atom is -0.472 e. The number of hydrogen-bond acceptors (Lipinski definition) is 10. The number of ether oxygens (including phenoxy) is 4. The molecule has 10 atom stereocenters. The Morgan fingerprint density at radius 2 is 1.82 bits per heavy atom. The van der Waals surface area contributed by atoms with Gasteiger partial charge in [-0.25, -0.2) is 0 Å². The second-order valence-electron chi connectivity index (χ2n) is 13.4. The van der Waals surface area contributed by atoms with Gasteiger partial charge in [0.1, 0.15) is 18.8 Å². The van der Waals surface area contributed by atoms with Crippen LogP contribution in [0.4, 0.5) is 0 Å². The first-order valence-electron chi connectivity index (χ1n) is 13.5. The van der Waals surface area contributed by atoms with Gasteiger partial charge < -0.3 is 33.6 Å². The molecular formula is C28H34O10. The second kappa shape index (κ2) is 7.01. The molecule has 2 saturated carbocycles. The summed E-state index contributed by atoms with van der Waals surface area (Å²) in [6, 6.07) is 1.78. The standard InChI is InChI=1S/C28H34O10/c1-14(29)36-22-23(2,3)17-9-19(30)35-13-25(17)16-5-7-24(4)18(26(16)12-27(22,32)28(25,33)38-26)10-20(31)37-21(24)15-6-8-34-11-15/h6,8,11,16-18,21-22,32-33H,5,7,9-10,12-13H2,1-4H3/t16-,17+,18-,21+,22+,24-,25-,26-,27-,28-/m1/s1. The molecule has 2 aliphatic carbocycles. The highest BCUT2D eigenvalue weighted by molar-refractivity contribution is 5.73. The van der Waals surface area contributed by atoms with Gasteiger partial charge in [-0.1, -0.05) is 20.8 Å². The summed E-state index contributed by atoms with van der Waals surface area (Å²) in [5.74, 6) is -4.76. The van der Waals surface area contributed by atoms with Crippen LogP contribution in [0.5, 0.6) is 0 Å². The van der Waals surface area contributed by atoms with Gasteiger partial charge in [0.2, 0.25) is 5.79 Å². The number of hydrogen-bond donors (Lipinski definition) is 2. The Bertz CT molecular complexity index is 1240. The van der Waals surface area contributed by atoms with Crippen molar-refractivity contribution in [1.29, 1.82) is 0 Å². The fourth-order valence-electron chi connectivity index (χ4n) is 10.3. The zero-order chi connectivity index (χ0) is 27.1. The number of cyclic esters (lactones) is 2. The zero-order valence-electron chi connectivity index (χ0n) is 22.0. The van der Waals surface area contributed by atoms with Crippen molar-refractivity contribution in [3.05, 3.63) is 24.2 Å². The molecule has 0 radical (unpaired) electrons. The van der Waals surface area contributed by atoms with E-state index in [-0.39, 0.29) is 31.8 Å². The SMILES string of the molecule is CC(=O)O[C@H]1C(C)(C)[C@@H]2CC(=O)OC[C@@]23[C@H]2CC[C@]4(C)[C@@H](CC(=O)O[C@H]4c4ccoc4)[C@@]24C[C@]1(O)[C@]3(O)O4. The number of furan rings is 1. The highest BCUT2D eigenvalue weighted by Gasteiger charge is 2.93. The molecule has 38 heavy (non-hydrogen) atoms. The Kier molecular flexibility index (Phi) is 4.54. The van der Waals surface area contributed by atoms with E-state index in [0.29, 0.717) is 12.8 Å². The third-order valence-corrected chi connectivity index (χ3v) is 11.5. The molecule has 5 heterocycles. The van der Waals surface area contributed by atoms with Crippen LogP contribution < -0.4 is 0 Å². The van der Waals surface area contributed by atoms with Crippen molar-refractivity contribution in [2.45, 2.75) is 89.0 Å². The van der Waals surface area contributed by atoms with E-state index in [0.717, 1.165) is 5.56 Å². The van der Waals surface area contributed by atoms with Crippen molar-refractivity contribution in [1.82, 2.24) is 0 Å². The number of rotatable bonds is 2. The average Bonchev–Trinajstić information content (AvgIpc) is 3.50. The molecule has 10 heteroatoms. The quantitative estimate of drug-likeness (QED) is 0.432. The summed E-state index contributed by atoms with van der Waals surface area (Å²) in [6.45, 7) is 6.97. The molecule has 0 aromatic carbocycles. The molecule has 2 N–H and O–H groups in total. The van der Waals surface area contributed by atoms with Crippen LogP contribution in [0.1, 0.15) is 71.5 Å². The first-order valence-corrected chi connectivity index (χ1v) is 13.5. The van der Waals surface area contributed by atoms with Crippen molar-refractivity contribution in [3.8, 4) is 0 Å². The Balaban J connectivity index is 1.44. The second-order valence-corrected chi connectivity index (χ2v) is 13.4. The molecule has 4 aliphatic heterocycles. The molecule has 1 aromatic heterocycles. The third kappa shape index (κ3) is 2.45. The van der Waals surface area contributed by atoms with Gasteiger partial charge in [0, 0.05) is 48.0 Å². The lowest BCUT2D eigenvalue weighted by atomic mass is 9.35. The minimum absolute atomic E-state index is 0.000710. The van der Waals surface area contributed by atoms with Crippen molar-refractivity contribution < 1.29 is 48.0 Å². The number of fused-ring (bicyclic) bond motifs is 1. The van der Waals surface area contributed by atoms with E-state index >= 15 is 0 Å². The summed E-state index contributed by atoms with van der Waals surface area (Å²) in [6.07, 6.45) is 2.70. The van der Waals surface area contributed by atoms with E-state index < -0.39 is 75.2 Å². The smallest absolute Gasteiger partial charge is 0.306 e. The molecule has 4 saturated heterocycles. The van der Waals surface area contributed by atoms with Gasteiger partial charge >= 0.3 is 17.9 Å². The number of carbonyl (C=O) groups is 3. The van der Waals surface area contributed by atoms with Gasteiger partial charge in [-0.05, 0) is 24.8 Å². The van der Waals surface area contributed by atoms with E-state index in [1.165, 1.54) is 6.92 Å². The molecule has 2 bridgehead atoms. The van der Waals surface area contributed by atoms with E-state index in [1.54, 1.807) is 18.6 Å².